The Kier molecular flexibility index (Phi) is 5.36. The van der Waals surface area contributed by atoms with Crippen molar-refractivity contribution in [2.75, 3.05) is 6.54 Å². The van der Waals surface area contributed by atoms with Crippen LogP contribution in [0.25, 0.3) is 0 Å². The second kappa shape index (κ2) is 6.05. The Labute approximate surface area is 120 Å². The maximum absolute atomic E-state index is 13.5. The summed E-state index contributed by atoms with van der Waals surface area (Å²) in [5, 5.41) is 2.29. The molecule has 1 aromatic rings. The van der Waals surface area contributed by atoms with Crippen molar-refractivity contribution in [2.24, 2.45) is 0 Å². The molecular weight excluding hydrogens is 353 g/mol. The van der Waals surface area contributed by atoms with E-state index < -0.39 is 18.1 Å². The summed E-state index contributed by atoms with van der Waals surface area (Å²) in [6, 6.07) is -0.704. The van der Waals surface area contributed by atoms with E-state index >= 15 is 0 Å². The normalized spacial score (nSPS) is 14.7. The van der Waals surface area contributed by atoms with Gasteiger partial charge in [-0.15, -0.1) is 11.3 Å². The highest BCUT2D eigenvalue weighted by molar-refractivity contribution is 9.11. The molecule has 0 bridgehead atoms. The summed E-state index contributed by atoms with van der Waals surface area (Å²) < 4.78 is 65.2. The second-order valence-electron chi connectivity index (χ2n) is 4.11. The minimum Gasteiger partial charge on any atom is -0.304 e. The summed E-state index contributed by atoms with van der Waals surface area (Å²) in [5.74, 6) is -4.81. The molecule has 1 N–H and O–H groups in total. The summed E-state index contributed by atoms with van der Waals surface area (Å²) in [6.07, 6.45) is -5.11. The molecule has 0 aliphatic rings. The van der Waals surface area contributed by atoms with Crippen molar-refractivity contribution >= 4 is 27.3 Å². The monoisotopic (exact) mass is 365 g/mol. The van der Waals surface area contributed by atoms with Crippen molar-refractivity contribution in [2.45, 2.75) is 38.4 Å². The fraction of sp³-hybridized carbons (Fsp3) is 0.636. The number of thiophene rings is 1. The third-order valence-electron chi connectivity index (χ3n) is 2.50. The lowest BCUT2D eigenvalue weighted by atomic mass is 10.1. The van der Waals surface area contributed by atoms with Crippen molar-refractivity contribution in [3.05, 3.63) is 20.3 Å². The summed E-state index contributed by atoms with van der Waals surface area (Å²) in [6.45, 7) is 3.43. The topological polar surface area (TPSA) is 12.0 Å². The molecule has 1 rings (SSSR count). The molecule has 19 heavy (non-hydrogen) atoms. The Morgan fingerprint density at radius 2 is 1.89 bits per heavy atom. The lowest BCUT2D eigenvalue weighted by Gasteiger charge is -2.28. The first kappa shape index (κ1) is 16.8. The Morgan fingerprint density at radius 1 is 1.32 bits per heavy atom. The van der Waals surface area contributed by atoms with E-state index in [1.807, 2.05) is 0 Å². The predicted octanol–water partition coefficient (Wildman–Crippen LogP) is 5.06. The molecule has 1 aromatic heterocycles. The van der Waals surface area contributed by atoms with Gasteiger partial charge in [-0.05, 0) is 47.4 Å². The summed E-state index contributed by atoms with van der Waals surface area (Å²) in [7, 11) is 0. The molecule has 0 amide bonds. The van der Waals surface area contributed by atoms with Crippen molar-refractivity contribution < 1.29 is 22.0 Å². The standard InChI is InChI=1S/C11H13BrF5NS/c1-3-4-18-8(10(13,14)11(15,16)17)7-5-6(2)9(12)19-7/h5,8,18H,3-4H2,1-2H3. The van der Waals surface area contributed by atoms with Gasteiger partial charge >= 0.3 is 12.1 Å². The zero-order chi connectivity index (χ0) is 14.8. The van der Waals surface area contributed by atoms with Gasteiger partial charge in [-0.25, -0.2) is 0 Å². The van der Waals surface area contributed by atoms with Gasteiger partial charge in [0.15, 0.2) is 0 Å². The summed E-state index contributed by atoms with van der Waals surface area (Å²) in [5.41, 5.74) is 0.640. The lowest BCUT2D eigenvalue weighted by molar-refractivity contribution is -0.294. The van der Waals surface area contributed by atoms with Crippen LogP contribution in [0.4, 0.5) is 22.0 Å². The average molecular weight is 366 g/mol. The van der Waals surface area contributed by atoms with E-state index in [4.69, 9.17) is 0 Å². The van der Waals surface area contributed by atoms with Crippen LogP contribution < -0.4 is 5.32 Å². The van der Waals surface area contributed by atoms with Gasteiger partial charge in [0.25, 0.3) is 0 Å². The van der Waals surface area contributed by atoms with Crippen LogP contribution in [-0.4, -0.2) is 18.6 Å². The van der Waals surface area contributed by atoms with E-state index in [2.05, 4.69) is 21.2 Å². The van der Waals surface area contributed by atoms with Gasteiger partial charge in [0.05, 0.1) is 3.79 Å². The number of alkyl halides is 5. The number of hydrogen-bond acceptors (Lipinski definition) is 2. The highest BCUT2D eigenvalue weighted by Gasteiger charge is 2.63. The van der Waals surface area contributed by atoms with Gasteiger partial charge in [0.2, 0.25) is 0 Å². The predicted molar refractivity (Wildman–Crippen MR) is 68.8 cm³/mol. The van der Waals surface area contributed by atoms with Crippen molar-refractivity contribution in [3.63, 3.8) is 0 Å². The molecule has 0 saturated carbocycles. The van der Waals surface area contributed by atoms with E-state index in [1.54, 1.807) is 13.8 Å². The average Bonchev–Trinajstić information content (AvgIpc) is 2.57. The molecule has 0 aliphatic heterocycles. The zero-order valence-corrected chi connectivity index (χ0v) is 12.6. The van der Waals surface area contributed by atoms with Crippen LogP contribution in [0.3, 0.4) is 0 Å². The van der Waals surface area contributed by atoms with Gasteiger partial charge in [0, 0.05) is 4.88 Å². The van der Waals surface area contributed by atoms with Crippen LogP contribution in [0.1, 0.15) is 29.8 Å². The molecule has 1 unspecified atom stereocenters. The van der Waals surface area contributed by atoms with Crippen LogP contribution in [0, 0.1) is 6.92 Å². The summed E-state index contributed by atoms with van der Waals surface area (Å²) >= 11 is 4.02. The SMILES string of the molecule is CCCNC(c1cc(C)c(Br)s1)C(F)(F)C(F)(F)F. The molecule has 0 fully saturated rings. The Morgan fingerprint density at radius 3 is 2.26 bits per heavy atom. The molecule has 110 valence electrons. The van der Waals surface area contributed by atoms with E-state index in [9.17, 15) is 22.0 Å². The first-order valence-corrected chi connectivity index (χ1v) is 7.16. The molecule has 0 aliphatic carbocycles. The van der Waals surface area contributed by atoms with E-state index in [0.717, 1.165) is 11.3 Å². The van der Waals surface area contributed by atoms with Gasteiger partial charge in [-0.2, -0.15) is 22.0 Å². The van der Waals surface area contributed by atoms with Gasteiger partial charge < -0.3 is 5.32 Å². The molecule has 1 atom stereocenters. The number of halogens is 6. The van der Waals surface area contributed by atoms with Gasteiger partial charge in [-0.1, -0.05) is 6.92 Å². The quantitative estimate of drug-likeness (QED) is 0.719. The second-order valence-corrected chi connectivity index (χ2v) is 6.52. The first-order chi connectivity index (χ1) is 8.61. The fourth-order valence-electron chi connectivity index (χ4n) is 1.49. The highest BCUT2D eigenvalue weighted by Crippen LogP contribution is 2.47. The number of hydrogen-bond donors (Lipinski definition) is 1. The van der Waals surface area contributed by atoms with E-state index in [-0.39, 0.29) is 11.4 Å². The van der Waals surface area contributed by atoms with Crippen LogP contribution in [0.5, 0.6) is 0 Å². The minimum absolute atomic E-state index is 0.0276. The number of aryl methyl sites for hydroxylation is 1. The Bertz CT molecular complexity index is 410. The van der Waals surface area contributed by atoms with E-state index in [1.165, 1.54) is 6.07 Å². The lowest BCUT2D eigenvalue weighted by Crippen LogP contribution is -2.47. The molecule has 1 nitrogen and oxygen atoms in total. The van der Waals surface area contributed by atoms with Crippen molar-refractivity contribution in [3.8, 4) is 0 Å². The number of nitrogens with one attached hydrogen (secondary N) is 1. The smallest absolute Gasteiger partial charge is 0.304 e. The molecule has 0 aromatic carbocycles. The molecule has 0 spiro atoms. The van der Waals surface area contributed by atoms with Crippen molar-refractivity contribution in [1.82, 2.24) is 5.32 Å². The largest absolute Gasteiger partial charge is 0.455 e. The molecule has 0 radical (unpaired) electrons. The third-order valence-corrected chi connectivity index (χ3v) is 4.70. The van der Waals surface area contributed by atoms with Crippen LogP contribution in [0.2, 0.25) is 0 Å². The maximum atomic E-state index is 13.5. The minimum atomic E-state index is -5.58. The first-order valence-electron chi connectivity index (χ1n) is 5.55. The summed E-state index contributed by atoms with van der Waals surface area (Å²) in [4.78, 5) is -0.0276. The molecule has 1 heterocycles. The van der Waals surface area contributed by atoms with Gasteiger partial charge in [0.1, 0.15) is 6.04 Å². The van der Waals surface area contributed by atoms with Crippen LogP contribution in [0.15, 0.2) is 9.85 Å². The van der Waals surface area contributed by atoms with Crippen LogP contribution in [-0.2, 0) is 0 Å². The highest BCUT2D eigenvalue weighted by atomic mass is 79.9. The maximum Gasteiger partial charge on any atom is 0.455 e. The van der Waals surface area contributed by atoms with Crippen LogP contribution >= 0.6 is 27.3 Å². The fourth-order valence-corrected chi connectivity index (χ4v) is 3.17. The van der Waals surface area contributed by atoms with Gasteiger partial charge in [-0.3, -0.25) is 0 Å². The molecule has 8 heteroatoms. The van der Waals surface area contributed by atoms with E-state index in [0.29, 0.717) is 15.8 Å². The zero-order valence-electron chi connectivity index (χ0n) is 10.2. The molecular formula is C11H13BrF5NS. The number of rotatable bonds is 5. The third kappa shape index (κ3) is 3.66. The Hall–Kier alpha value is -0.210. The Balaban J connectivity index is 3.14. The molecule has 0 saturated heterocycles. The van der Waals surface area contributed by atoms with Crippen molar-refractivity contribution in [1.29, 1.82) is 0 Å².